The Labute approximate surface area is 110 Å². The molecular weight excluding hydrogens is 230 g/mol. The minimum Gasteiger partial charge on any atom is -0.319 e. The van der Waals surface area contributed by atoms with E-state index in [1.165, 1.54) is 31.2 Å². The van der Waals surface area contributed by atoms with E-state index >= 15 is 0 Å². The Morgan fingerprint density at radius 1 is 1.29 bits per heavy atom. The molecule has 0 radical (unpaired) electrons. The number of hydrogen-bond donors (Lipinski definition) is 1. The molecule has 2 heteroatoms. The SMILES string of the molecule is CNCC1(c2ccccc2Cl)CCC(C)CC1. The van der Waals surface area contributed by atoms with E-state index in [4.69, 9.17) is 11.6 Å². The number of halogens is 1. The highest BCUT2D eigenvalue weighted by molar-refractivity contribution is 6.31. The Morgan fingerprint density at radius 2 is 1.94 bits per heavy atom. The Balaban J connectivity index is 2.31. The van der Waals surface area contributed by atoms with Gasteiger partial charge in [0, 0.05) is 17.0 Å². The summed E-state index contributed by atoms with van der Waals surface area (Å²) in [6.07, 6.45) is 5.12. The molecule has 0 heterocycles. The number of hydrogen-bond acceptors (Lipinski definition) is 1. The molecule has 94 valence electrons. The summed E-state index contributed by atoms with van der Waals surface area (Å²) in [5.74, 6) is 0.863. The zero-order chi connectivity index (χ0) is 12.3. The molecule has 1 saturated carbocycles. The zero-order valence-electron chi connectivity index (χ0n) is 10.8. The van der Waals surface area contributed by atoms with Crippen LogP contribution in [0.2, 0.25) is 5.02 Å². The fraction of sp³-hybridized carbons (Fsp3) is 0.600. The van der Waals surface area contributed by atoms with Gasteiger partial charge in [0.1, 0.15) is 0 Å². The topological polar surface area (TPSA) is 12.0 Å². The number of likely N-dealkylation sites (N-methyl/N-ethyl adjacent to an activating group) is 1. The van der Waals surface area contributed by atoms with Crippen LogP contribution in [0.3, 0.4) is 0 Å². The minimum atomic E-state index is 0.250. The van der Waals surface area contributed by atoms with Gasteiger partial charge in [-0.25, -0.2) is 0 Å². The smallest absolute Gasteiger partial charge is 0.0444 e. The first-order valence-corrected chi connectivity index (χ1v) is 6.95. The van der Waals surface area contributed by atoms with Gasteiger partial charge in [-0.05, 0) is 50.3 Å². The van der Waals surface area contributed by atoms with Crippen molar-refractivity contribution in [3.8, 4) is 0 Å². The fourth-order valence-electron chi connectivity index (χ4n) is 3.09. The first-order valence-electron chi connectivity index (χ1n) is 6.57. The molecule has 2 rings (SSSR count). The van der Waals surface area contributed by atoms with Crippen molar-refractivity contribution in [3.63, 3.8) is 0 Å². The van der Waals surface area contributed by atoms with E-state index < -0.39 is 0 Å². The molecule has 1 fully saturated rings. The van der Waals surface area contributed by atoms with Gasteiger partial charge in [0.25, 0.3) is 0 Å². The van der Waals surface area contributed by atoms with Crippen molar-refractivity contribution in [3.05, 3.63) is 34.9 Å². The molecule has 0 aliphatic heterocycles. The summed E-state index contributed by atoms with van der Waals surface area (Å²) in [6.45, 7) is 3.39. The maximum atomic E-state index is 6.39. The van der Waals surface area contributed by atoms with Crippen LogP contribution in [0.5, 0.6) is 0 Å². The molecular formula is C15H22ClN. The van der Waals surface area contributed by atoms with E-state index in [1.54, 1.807) is 0 Å². The standard InChI is InChI=1S/C15H22ClN/c1-12-7-9-15(10-8-12,11-17-2)13-5-3-4-6-14(13)16/h3-6,12,17H,7-11H2,1-2H3. The van der Waals surface area contributed by atoms with Gasteiger partial charge in [-0.3, -0.25) is 0 Å². The second-order valence-corrected chi connectivity index (χ2v) is 5.88. The maximum absolute atomic E-state index is 6.39. The van der Waals surface area contributed by atoms with Crippen LogP contribution in [-0.2, 0) is 5.41 Å². The highest BCUT2D eigenvalue weighted by Crippen LogP contribution is 2.43. The van der Waals surface area contributed by atoms with Crippen molar-refractivity contribution in [1.82, 2.24) is 5.32 Å². The normalized spacial score (nSPS) is 29.2. The van der Waals surface area contributed by atoms with Crippen molar-refractivity contribution in [2.45, 2.75) is 38.0 Å². The monoisotopic (exact) mass is 251 g/mol. The summed E-state index contributed by atoms with van der Waals surface area (Å²) in [7, 11) is 2.04. The molecule has 0 amide bonds. The average Bonchev–Trinajstić information content (AvgIpc) is 2.33. The summed E-state index contributed by atoms with van der Waals surface area (Å²) < 4.78 is 0. The van der Waals surface area contributed by atoms with E-state index in [2.05, 4.69) is 24.4 Å². The largest absolute Gasteiger partial charge is 0.319 e. The van der Waals surface area contributed by atoms with Crippen LogP contribution in [-0.4, -0.2) is 13.6 Å². The van der Waals surface area contributed by atoms with Crippen molar-refractivity contribution in [2.24, 2.45) is 5.92 Å². The lowest BCUT2D eigenvalue weighted by Gasteiger charge is -2.40. The lowest BCUT2D eigenvalue weighted by atomic mass is 9.67. The van der Waals surface area contributed by atoms with Gasteiger partial charge in [0.2, 0.25) is 0 Å². The summed E-state index contributed by atoms with van der Waals surface area (Å²) in [5, 5.41) is 4.29. The van der Waals surface area contributed by atoms with Crippen molar-refractivity contribution in [1.29, 1.82) is 0 Å². The van der Waals surface area contributed by atoms with Crippen LogP contribution < -0.4 is 5.32 Å². The summed E-state index contributed by atoms with van der Waals surface area (Å²) >= 11 is 6.39. The third kappa shape index (κ3) is 2.66. The molecule has 17 heavy (non-hydrogen) atoms. The second kappa shape index (κ2) is 5.41. The Hall–Kier alpha value is -0.530. The predicted molar refractivity (Wildman–Crippen MR) is 74.7 cm³/mol. The Morgan fingerprint density at radius 3 is 2.53 bits per heavy atom. The van der Waals surface area contributed by atoms with Gasteiger partial charge in [-0.1, -0.05) is 36.7 Å². The van der Waals surface area contributed by atoms with Gasteiger partial charge in [-0.15, -0.1) is 0 Å². The third-order valence-corrected chi connectivity index (χ3v) is 4.52. The highest BCUT2D eigenvalue weighted by Gasteiger charge is 2.36. The van der Waals surface area contributed by atoms with Gasteiger partial charge in [-0.2, -0.15) is 0 Å². The summed E-state index contributed by atoms with van der Waals surface area (Å²) in [5.41, 5.74) is 1.59. The summed E-state index contributed by atoms with van der Waals surface area (Å²) in [6, 6.07) is 8.35. The maximum Gasteiger partial charge on any atom is 0.0444 e. The molecule has 0 saturated heterocycles. The second-order valence-electron chi connectivity index (χ2n) is 5.47. The van der Waals surface area contributed by atoms with Crippen LogP contribution in [0.1, 0.15) is 38.2 Å². The van der Waals surface area contributed by atoms with Gasteiger partial charge < -0.3 is 5.32 Å². The third-order valence-electron chi connectivity index (χ3n) is 4.19. The Kier molecular flexibility index (Phi) is 4.11. The summed E-state index contributed by atoms with van der Waals surface area (Å²) in [4.78, 5) is 0. The molecule has 1 aromatic carbocycles. The van der Waals surface area contributed by atoms with Gasteiger partial charge in [0.15, 0.2) is 0 Å². The van der Waals surface area contributed by atoms with Crippen LogP contribution in [0, 0.1) is 5.92 Å². The van der Waals surface area contributed by atoms with Crippen LogP contribution in [0.4, 0.5) is 0 Å². The lowest BCUT2D eigenvalue weighted by molar-refractivity contribution is 0.237. The predicted octanol–water partition coefficient (Wildman–Crippen LogP) is 4.01. The molecule has 1 aromatic rings. The van der Waals surface area contributed by atoms with Crippen molar-refractivity contribution in [2.75, 3.05) is 13.6 Å². The van der Waals surface area contributed by atoms with E-state index in [0.29, 0.717) is 0 Å². The van der Waals surface area contributed by atoms with Crippen LogP contribution in [0.25, 0.3) is 0 Å². The molecule has 1 aliphatic carbocycles. The van der Waals surface area contributed by atoms with E-state index in [0.717, 1.165) is 17.5 Å². The molecule has 1 N–H and O–H groups in total. The van der Waals surface area contributed by atoms with Gasteiger partial charge in [0.05, 0.1) is 0 Å². The van der Waals surface area contributed by atoms with Crippen LogP contribution >= 0.6 is 11.6 Å². The van der Waals surface area contributed by atoms with Crippen molar-refractivity contribution >= 4 is 11.6 Å². The molecule has 0 aromatic heterocycles. The lowest BCUT2D eigenvalue weighted by Crippen LogP contribution is -2.40. The quantitative estimate of drug-likeness (QED) is 0.856. The van der Waals surface area contributed by atoms with Gasteiger partial charge >= 0.3 is 0 Å². The zero-order valence-corrected chi connectivity index (χ0v) is 11.6. The molecule has 1 nitrogen and oxygen atoms in total. The minimum absolute atomic E-state index is 0.250. The molecule has 1 aliphatic rings. The molecule has 0 unspecified atom stereocenters. The molecule has 0 bridgehead atoms. The Bertz CT molecular complexity index is 367. The molecule has 0 atom stereocenters. The average molecular weight is 252 g/mol. The van der Waals surface area contributed by atoms with E-state index in [-0.39, 0.29) is 5.41 Å². The number of nitrogens with one attached hydrogen (secondary N) is 1. The van der Waals surface area contributed by atoms with E-state index in [9.17, 15) is 0 Å². The molecule has 0 spiro atoms. The first-order chi connectivity index (χ1) is 8.18. The first kappa shape index (κ1) is 12.9. The van der Waals surface area contributed by atoms with Crippen LogP contribution in [0.15, 0.2) is 24.3 Å². The number of benzene rings is 1. The number of rotatable bonds is 3. The van der Waals surface area contributed by atoms with Crippen molar-refractivity contribution < 1.29 is 0 Å². The highest BCUT2D eigenvalue weighted by atomic mass is 35.5. The van der Waals surface area contributed by atoms with E-state index in [1.807, 2.05) is 19.2 Å². The fourth-order valence-corrected chi connectivity index (χ4v) is 3.42.